The number of barbiturate groups is 1. The number of nitrogens with one attached hydrogen (secondary N) is 1. The predicted octanol–water partition coefficient (Wildman–Crippen LogP) is 0.357. The highest BCUT2D eigenvalue weighted by molar-refractivity contribution is 6.15. The molecule has 1 fully saturated rings. The first-order valence-electron chi connectivity index (χ1n) is 4.56. The van der Waals surface area contributed by atoms with Gasteiger partial charge < -0.3 is 0 Å². The molecule has 0 radical (unpaired) electrons. The first kappa shape index (κ1) is 10.7. The standard InChI is InChI=1S/C9H14N2O3/c1-5(2)4-6-7(12)10-9(14)11(3)8(6)13/h5-6H,4H2,1-3H3,(H,10,12,14)/t6-/m1/s1. The van der Waals surface area contributed by atoms with Crippen LogP contribution in [0.2, 0.25) is 0 Å². The number of urea groups is 1. The van der Waals surface area contributed by atoms with Gasteiger partial charge in [-0.3, -0.25) is 19.8 Å². The smallest absolute Gasteiger partial charge is 0.277 e. The zero-order valence-corrected chi connectivity index (χ0v) is 8.53. The molecule has 0 saturated carbocycles. The molecule has 1 heterocycles. The molecule has 1 saturated heterocycles. The molecule has 1 atom stereocenters. The molecule has 0 bridgehead atoms. The van der Waals surface area contributed by atoms with E-state index in [1.54, 1.807) is 0 Å². The molecular formula is C9H14N2O3. The average Bonchev–Trinajstić information content (AvgIpc) is 2.09. The molecule has 0 aromatic rings. The van der Waals surface area contributed by atoms with Gasteiger partial charge in [0.15, 0.2) is 0 Å². The maximum atomic E-state index is 11.5. The summed E-state index contributed by atoms with van der Waals surface area (Å²) in [6.07, 6.45) is 0.474. The molecule has 1 aliphatic heterocycles. The highest BCUT2D eigenvalue weighted by Gasteiger charge is 2.38. The molecule has 78 valence electrons. The highest BCUT2D eigenvalue weighted by Crippen LogP contribution is 2.17. The molecular weight excluding hydrogens is 184 g/mol. The summed E-state index contributed by atoms with van der Waals surface area (Å²) >= 11 is 0. The van der Waals surface area contributed by atoms with Crippen molar-refractivity contribution in [2.75, 3.05) is 7.05 Å². The Morgan fingerprint density at radius 1 is 1.36 bits per heavy atom. The zero-order valence-electron chi connectivity index (χ0n) is 8.53. The number of imide groups is 2. The summed E-state index contributed by atoms with van der Waals surface area (Å²) in [5.41, 5.74) is 0. The van der Waals surface area contributed by atoms with Crippen molar-refractivity contribution in [1.29, 1.82) is 0 Å². The maximum Gasteiger partial charge on any atom is 0.330 e. The minimum atomic E-state index is -0.710. The molecule has 5 nitrogen and oxygen atoms in total. The quantitative estimate of drug-likeness (QED) is 0.651. The number of hydrogen-bond acceptors (Lipinski definition) is 3. The number of amides is 4. The van der Waals surface area contributed by atoms with Crippen LogP contribution in [0.5, 0.6) is 0 Å². The summed E-state index contributed by atoms with van der Waals surface area (Å²) in [6.45, 7) is 3.86. The average molecular weight is 198 g/mol. The van der Waals surface area contributed by atoms with Crippen LogP contribution in [-0.2, 0) is 9.59 Å². The normalized spacial score (nSPS) is 23.0. The van der Waals surface area contributed by atoms with Crippen molar-refractivity contribution in [2.45, 2.75) is 20.3 Å². The van der Waals surface area contributed by atoms with E-state index in [4.69, 9.17) is 0 Å². The van der Waals surface area contributed by atoms with Gasteiger partial charge in [0.05, 0.1) is 0 Å². The van der Waals surface area contributed by atoms with Crippen LogP contribution in [0, 0.1) is 11.8 Å². The second-order valence-electron chi connectivity index (χ2n) is 3.87. The van der Waals surface area contributed by atoms with E-state index >= 15 is 0 Å². The lowest BCUT2D eigenvalue weighted by Gasteiger charge is -2.27. The fraction of sp³-hybridized carbons (Fsp3) is 0.667. The van der Waals surface area contributed by atoms with Crippen LogP contribution in [0.4, 0.5) is 4.79 Å². The minimum Gasteiger partial charge on any atom is -0.277 e. The van der Waals surface area contributed by atoms with E-state index in [0.29, 0.717) is 6.42 Å². The second kappa shape index (κ2) is 3.77. The molecule has 1 N–H and O–H groups in total. The first-order valence-corrected chi connectivity index (χ1v) is 4.56. The number of hydrogen-bond donors (Lipinski definition) is 1. The third-order valence-electron chi connectivity index (χ3n) is 2.19. The van der Waals surface area contributed by atoms with Gasteiger partial charge in [-0.05, 0) is 12.3 Å². The van der Waals surface area contributed by atoms with E-state index in [0.717, 1.165) is 4.90 Å². The molecule has 0 spiro atoms. The molecule has 1 aliphatic rings. The Morgan fingerprint density at radius 3 is 2.43 bits per heavy atom. The van der Waals surface area contributed by atoms with Crippen molar-refractivity contribution in [3.05, 3.63) is 0 Å². The SMILES string of the molecule is CC(C)C[C@@H]1C(=O)NC(=O)N(C)C1=O. The Kier molecular flexibility index (Phi) is 2.88. The summed E-state index contributed by atoms with van der Waals surface area (Å²) in [6, 6.07) is -0.639. The van der Waals surface area contributed by atoms with Gasteiger partial charge in [-0.25, -0.2) is 4.79 Å². The Hall–Kier alpha value is -1.39. The molecule has 14 heavy (non-hydrogen) atoms. The van der Waals surface area contributed by atoms with Crippen LogP contribution in [0.1, 0.15) is 20.3 Å². The van der Waals surface area contributed by atoms with Crippen molar-refractivity contribution in [3.8, 4) is 0 Å². The summed E-state index contributed by atoms with van der Waals surface area (Å²) in [7, 11) is 1.37. The van der Waals surface area contributed by atoms with Crippen molar-refractivity contribution < 1.29 is 14.4 Å². The molecule has 0 aliphatic carbocycles. The van der Waals surface area contributed by atoms with Crippen molar-refractivity contribution in [3.63, 3.8) is 0 Å². The second-order valence-corrected chi connectivity index (χ2v) is 3.87. The molecule has 1 rings (SSSR count). The number of carbonyl (C=O) groups excluding carboxylic acids is 3. The fourth-order valence-corrected chi connectivity index (χ4v) is 1.40. The summed E-state index contributed by atoms with van der Waals surface area (Å²) in [5, 5.41) is 2.14. The van der Waals surface area contributed by atoms with Crippen LogP contribution < -0.4 is 5.32 Å². The Labute approximate surface area is 82.4 Å². The van der Waals surface area contributed by atoms with Crippen molar-refractivity contribution >= 4 is 17.8 Å². The van der Waals surface area contributed by atoms with Crippen LogP contribution in [0.15, 0.2) is 0 Å². The molecule has 0 aromatic carbocycles. The van der Waals surface area contributed by atoms with Gasteiger partial charge in [0.25, 0.3) is 0 Å². The summed E-state index contributed by atoms with van der Waals surface area (Å²) < 4.78 is 0. The van der Waals surface area contributed by atoms with Gasteiger partial charge in [-0.1, -0.05) is 13.8 Å². The van der Waals surface area contributed by atoms with Crippen LogP contribution in [0.25, 0.3) is 0 Å². The van der Waals surface area contributed by atoms with Crippen molar-refractivity contribution in [2.24, 2.45) is 11.8 Å². The largest absolute Gasteiger partial charge is 0.330 e. The van der Waals surface area contributed by atoms with E-state index in [9.17, 15) is 14.4 Å². The highest BCUT2D eigenvalue weighted by atomic mass is 16.2. The third-order valence-corrected chi connectivity index (χ3v) is 2.19. The van der Waals surface area contributed by atoms with Gasteiger partial charge in [0.1, 0.15) is 5.92 Å². The number of carbonyl (C=O) groups is 3. The van der Waals surface area contributed by atoms with Gasteiger partial charge in [0, 0.05) is 7.05 Å². The van der Waals surface area contributed by atoms with E-state index in [1.807, 2.05) is 13.8 Å². The molecule has 0 aromatic heterocycles. The fourth-order valence-electron chi connectivity index (χ4n) is 1.40. The number of nitrogens with zero attached hydrogens (tertiary/aromatic N) is 1. The predicted molar refractivity (Wildman–Crippen MR) is 49.3 cm³/mol. The van der Waals surface area contributed by atoms with Gasteiger partial charge in [-0.2, -0.15) is 0 Å². The van der Waals surface area contributed by atoms with E-state index in [1.165, 1.54) is 7.05 Å². The first-order chi connectivity index (χ1) is 6.43. The van der Waals surface area contributed by atoms with E-state index < -0.39 is 23.8 Å². The lowest BCUT2D eigenvalue weighted by atomic mass is 9.94. The number of rotatable bonds is 2. The topological polar surface area (TPSA) is 66.5 Å². The Morgan fingerprint density at radius 2 is 1.93 bits per heavy atom. The van der Waals surface area contributed by atoms with Crippen LogP contribution in [0.3, 0.4) is 0 Å². The molecule has 5 heteroatoms. The lowest BCUT2D eigenvalue weighted by molar-refractivity contribution is -0.142. The van der Waals surface area contributed by atoms with Gasteiger partial charge >= 0.3 is 6.03 Å². The molecule has 0 unspecified atom stereocenters. The minimum absolute atomic E-state index is 0.247. The van der Waals surface area contributed by atoms with Gasteiger partial charge in [0.2, 0.25) is 11.8 Å². The Bertz CT molecular complexity index is 286. The van der Waals surface area contributed by atoms with E-state index in [-0.39, 0.29) is 5.92 Å². The summed E-state index contributed by atoms with van der Waals surface area (Å²) in [4.78, 5) is 34.8. The Balaban J connectivity index is 2.79. The molecule has 4 amide bonds. The monoisotopic (exact) mass is 198 g/mol. The van der Waals surface area contributed by atoms with Crippen LogP contribution >= 0.6 is 0 Å². The maximum absolute atomic E-state index is 11.5. The zero-order chi connectivity index (χ0) is 10.9. The van der Waals surface area contributed by atoms with E-state index in [2.05, 4.69) is 5.32 Å². The summed E-state index contributed by atoms with van der Waals surface area (Å²) in [5.74, 6) is -1.35. The van der Waals surface area contributed by atoms with Crippen LogP contribution in [-0.4, -0.2) is 29.8 Å². The van der Waals surface area contributed by atoms with Gasteiger partial charge in [-0.15, -0.1) is 0 Å². The van der Waals surface area contributed by atoms with Crippen molar-refractivity contribution in [1.82, 2.24) is 10.2 Å². The third kappa shape index (κ3) is 1.92. The lowest BCUT2D eigenvalue weighted by Crippen LogP contribution is -2.56.